The predicted molar refractivity (Wildman–Crippen MR) is 83.9 cm³/mol. The van der Waals surface area contributed by atoms with Gasteiger partial charge in [0.25, 0.3) is 0 Å². The molecule has 0 atom stereocenters. The first kappa shape index (κ1) is 13.4. The van der Waals surface area contributed by atoms with E-state index in [0.717, 1.165) is 17.2 Å². The molecule has 3 rings (SSSR count). The Morgan fingerprint density at radius 1 is 1.14 bits per heavy atom. The number of ether oxygens (including phenoxy) is 1. The quantitative estimate of drug-likeness (QED) is 0.679. The van der Waals surface area contributed by atoms with Crippen molar-refractivity contribution in [3.05, 3.63) is 60.2 Å². The van der Waals surface area contributed by atoms with E-state index in [1.807, 2.05) is 31.2 Å². The van der Waals surface area contributed by atoms with Crippen LogP contribution in [0.5, 0.6) is 5.75 Å². The average Bonchev–Trinajstić information content (AvgIpc) is 3.00. The molecule has 0 amide bonds. The number of aromatic nitrogens is 1. The predicted octanol–water partition coefficient (Wildman–Crippen LogP) is 3.83. The molecular weight excluding hydrogens is 262 g/mol. The van der Waals surface area contributed by atoms with Crippen molar-refractivity contribution in [2.45, 2.75) is 6.92 Å². The summed E-state index contributed by atoms with van der Waals surface area (Å²) in [6.07, 6.45) is 5.69. The third-order valence-electron chi connectivity index (χ3n) is 3.45. The number of nitrogens with zero attached hydrogens (tertiary/aromatic N) is 1. The Balaban J connectivity index is 1.98. The van der Waals surface area contributed by atoms with Crippen LogP contribution in [0.3, 0.4) is 0 Å². The van der Waals surface area contributed by atoms with E-state index >= 15 is 0 Å². The molecule has 106 valence electrons. The molecule has 3 nitrogen and oxygen atoms in total. The lowest BCUT2D eigenvalue weighted by Gasteiger charge is -2.04. The lowest BCUT2D eigenvalue weighted by molar-refractivity contribution is -0.646. The van der Waals surface area contributed by atoms with Crippen LogP contribution in [0.4, 0.5) is 0 Å². The molecule has 0 aliphatic heterocycles. The number of fused-ring (bicyclic) bond motifs is 1. The number of furan rings is 1. The maximum atomic E-state index is 5.54. The van der Waals surface area contributed by atoms with Gasteiger partial charge in [0.15, 0.2) is 0 Å². The zero-order chi connectivity index (χ0) is 14.7. The second-order valence-electron chi connectivity index (χ2n) is 4.82. The van der Waals surface area contributed by atoms with Gasteiger partial charge in [-0.3, -0.25) is 0 Å². The van der Waals surface area contributed by atoms with Crippen molar-refractivity contribution in [1.82, 2.24) is 0 Å². The zero-order valence-electron chi connectivity index (χ0n) is 12.2. The van der Waals surface area contributed by atoms with E-state index in [4.69, 9.17) is 9.15 Å². The maximum Gasteiger partial charge on any atom is 0.212 e. The molecule has 2 heterocycles. The number of rotatable bonds is 4. The van der Waals surface area contributed by atoms with Crippen LogP contribution in [0, 0.1) is 0 Å². The van der Waals surface area contributed by atoms with Crippen molar-refractivity contribution in [3.8, 4) is 5.75 Å². The standard InChI is InChI=1S/C18H18NO2/c1-3-20-17-10-11-18-14(13-17)6-7-15(19(18)2)8-9-16-5-4-12-21-16/h4-13H,3H2,1-2H3/q+1. The first-order valence-corrected chi connectivity index (χ1v) is 7.05. The van der Waals surface area contributed by atoms with Crippen LogP contribution in [0.2, 0.25) is 0 Å². The first-order chi connectivity index (χ1) is 10.3. The van der Waals surface area contributed by atoms with Gasteiger partial charge in [-0.25, -0.2) is 0 Å². The summed E-state index contributed by atoms with van der Waals surface area (Å²) in [4.78, 5) is 0. The third kappa shape index (κ3) is 2.82. The fourth-order valence-corrected chi connectivity index (χ4v) is 2.38. The average molecular weight is 280 g/mol. The Morgan fingerprint density at radius 3 is 2.81 bits per heavy atom. The third-order valence-corrected chi connectivity index (χ3v) is 3.45. The molecule has 0 N–H and O–H groups in total. The van der Waals surface area contributed by atoms with Crippen molar-refractivity contribution in [2.24, 2.45) is 7.05 Å². The summed E-state index contributed by atoms with van der Waals surface area (Å²) in [6.45, 7) is 2.67. The second-order valence-corrected chi connectivity index (χ2v) is 4.82. The molecule has 1 aromatic carbocycles. The van der Waals surface area contributed by atoms with E-state index in [0.29, 0.717) is 6.61 Å². The maximum absolute atomic E-state index is 5.54. The van der Waals surface area contributed by atoms with Gasteiger partial charge in [-0.15, -0.1) is 0 Å². The Morgan fingerprint density at radius 2 is 2.05 bits per heavy atom. The Bertz CT molecular complexity index is 773. The molecule has 2 aromatic heterocycles. The van der Waals surface area contributed by atoms with Crippen LogP contribution in [0.15, 0.2) is 53.1 Å². The van der Waals surface area contributed by atoms with Gasteiger partial charge in [0.1, 0.15) is 18.6 Å². The van der Waals surface area contributed by atoms with Gasteiger partial charge < -0.3 is 9.15 Å². The Kier molecular flexibility index (Phi) is 3.73. The van der Waals surface area contributed by atoms with Crippen LogP contribution in [-0.4, -0.2) is 6.61 Å². The normalized spacial score (nSPS) is 11.3. The molecule has 0 aliphatic carbocycles. The van der Waals surface area contributed by atoms with Gasteiger partial charge in [0.2, 0.25) is 11.2 Å². The molecule has 0 unspecified atom stereocenters. The van der Waals surface area contributed by atoms with Crippen molar-refractivity contribution >= 4 is 23.1 Å². The van der Waals surface area contributed by atoms with Crippen molar-refractivity contribution in [3.63, 3.8) is 0 Å². The highest BCUT2D eigenvalue weighted by Gasteiger charge is 2.10. The molecule has 0 aliphatic rings. The fourth-order valence-electron chi connectivity index (χ4n) is 2.38. The highest BCUT2D eigenvalue weighted by Crippen LogP contribution is 2.19. The van der Waals surface area contributed by atoms with Gasteiger partial charge in [-0.2, -0.15) is 4.57 Å². The molecule has 21 heavy (non-hydrogen) atoms. The Labute approximate surface area is 124 Å². The van der Waals surface area contributed by atoms with E-state index in [9.17, 15) is 0 Å². The lowest BCUT2D eigenvalue weighted by Crippen LogP contribution is -2.32. The van der Waals surface area contributed by atoms with Gasteiger partial charge in [0.05, 0.1) is 18.3 Å². The molecule has 0 spiro atoms. The van der Waals surface area contributed by atoms with Gasteiger partial charge >= 0.3 is 0 Å². The number of benzene rings is 1. The Hall–Kier alpha value is -2.55. The summed E-state index contributed by atoms with van der Waals surface area (Å²) in [5, 5.41) is 1.17. The minimum absolute atomic E-state index is 0.682. The molecular formula is C18H18NO2+. The summed E-state index contributed by atoms with van der Waals surface area (Å²) in [6, 6.07) is 14.2. The highest BCUT2D eigenvalue weighted by atomic mass is 16.5. The lowest BCUT2D eigenvalue weighted by atomic mass is 10.1. The zero-order valence-corrected chi connectivity index (χ0v) is 12.2. The van der Waals surface area contributed by atoms with Crippen molar-refractivity contribution in [2.75, 3.05) is 6.61 Å². The van der Waals surface area contributed by atoms with E-state index in [-0.39, 0.29) is 0 Å². The SMILES string of the molecule is CCOc1ccc2c(ccc(C=Cc3ccco3)[n+]2C)c1. The number of aryl methyl sites for hydroxylation is 1. The van der Waals surface area contributed by atoms with Crippen LogP contribution < -0.4 is 9.30 Å². The van der Waals surface area contributed by atoms with Gasteiger partial charge in [-0.05, 0) is 43.3 Å². The summed E-state index contributed by atoms with van der Waals surface area (Å²) >= 11 is 0. The number of hydrogen-bond donors (Lipinski definition) is 0. The molecule has 3 heteroatoms. The summed E-state index contributed by atoms with van der Waals surface area (Å²) in [5.74, 6) is 1.76. The largest absolute Gasteiger partial charge is 0.494 e. The first-order valence-electron chi connectivity index (χ1n) is 7.05. The molecule has 0 fully saturated rings. The molecule has 3 aromatic rings. The number of hydrogen-bond acceptors (Lipinski definition) is 2. The summed E-state index contributed by atoms with van der Waals surface area (Å²) in [5.41, 5.74) is 2.28. The summed E-state index contributed by atoms with van der Waals surface area (Å²) < 4.78 is 13.0. The summed E-state index contributed by atoms with van der Waals surface area (Å²) in [7, 11) is 2.06. The topological polar surface area (TPSA) is 26.2 Å². The number of pyridine rings is 1. The van der Waals surface area contributed by atoms with Gasteiger partial charge in [-0.1, -0.05) is 0 Å². The smallest absolute Gasteiger partial charge is 0.212 e. The molecule has 0 bridgehead atoms. The van der Waals surface area contributed by atoms with E-state index in [2.05, 4.69) is 42.0 Å². The van der Waals surface area contributed by atoms with Crippen LogP contribution in [0.25, 0.3) is 23.1 Å². The fraction of sp³-hybridized carbons (Fsp3) is 0.167. The van der Waals surface area contributed by atoms with Crippen molar-refractivity contribution in [1.29, 1.82) is 0 Å². The van der Waals surface area contributed by atoms with E-state index in [1.165, 1.54) is 10.9 Å². The monoisotopic (exact) mass is 280 g/mol. The van der Waals surface area contributed by atoms with Crippen LogP contribution in [0.1, 0.15) is 18.4 Å². The van der Waals surface area contributed by atoms with Gasteiger partial charge in [0, 0.05) is 18.2 Å². The van der Waals surface area contributed by atoms with Crippen LogP contribution in [-0.2, 0) is 7.05 Å². The highest BCUT2D eigenvalue weighted by molar-refractivity contribution is 5.78. The minimum atomic E-state index is 0.682. The second kappa shape index (κ2) is 5.83. The van der Waals surface area contributed by atoms with E-state index in [1.54, 1.807) is 6.26 Å². The molecule has 0 saturated heterocycles. The van der Waals surface area contributed by atoms with Crippen molar-refractivity contribution < 1.29 is 13.7 Å². The molecule has 0 saturated carbocycles. The minimum Gasteiger partial charge on any atom is -0.494 e. The molecule has 0 radical (unpaired) electrons. The van der Waals surface area contributed by atoms with Crippen LogP contribution >= 0.6 is 0 Å². The van der Waals surface area contributed by atoms with E-state index < -0.39 is 0 Å².